The molecule has 2 rings (SSSR count). The molecule has 1 aromatic carbocycles. The third-order valence-electron chi connectivity index (χ3n) is 2.66. The number of rotatable bonds is 7. The summed E-state index contributed by atoms with van der Waals surface area (Å²) in [6, 6.07) is 5.65. The molecule has 0 saturated heterocycles. The van der Waals surface area contributed by atoms with E-state index in [0.29, 0.717) is 16.7 Å². The van der Waals surface area contributed by atoms with E-state index in [1.807, 2.05) is 0 Å². The van der Waals surface area contributed by atoms with E-state index in [4.69, 9.17) is 4.74 Å². The van der Waals surface area contributed by atoms with Crippen LogP contribution in [0.3, 0.4) is 0 Å². The van der Waals surface area contributed by atoms with Crippen LogP contribution in [0.4, 0.5) is 5.69 Å². The number of carbonyl (C=O) groups is 1. The highest BCUT2D eigenvalue weighted by Crippen LogP contribution is 2.19. The van der Waals surface area contributed by atoms with Crippen LogP contribution in [0.1, 0.15) is 5.82 Å². The molecule has 0 atom stereocenters. The fourth-order valence-electron chi connectivity index (χ4n) is 1.53. The van der Waals surface area contributed by atoms with Gasteiger partial charge in [0.1, 0.15) is 12.4 Å². The van der Waals surface area contributed by atoms with Crippen LogP contribution in [0, 0.1) is 10.1 Å². The van der Waals surface area contributed by atoms with E-state index in [-0.39, 0.29) is 18.0 Å². The monoisotopic (exact) mass is 323 g/mol. The maximum Gasteiger partial charge on any atom is 0.269 e. The lowest BCUT2D eigenvalue weighted by Crippen LogP contribution is -2.24. The standard InChI is InChI=1S/C12H12N4O5S/c1-15-10(13-14-12(15)22-7-11(17)18)6-21-9-4-2-8(3-5-9)16(19)20/h2-5H,6-7H2,1H3,(H,17,18)/p-1. The second-order valence-corrected chi connectivity index (χ2v) is 5.10. The van der Waals surface area contributed by atoms with Crippen LogP contribution in [0.25, 0.3) is 0 Å². The van der Waals surface area contributed by atoms with E-state index in [1.165, 1.54) is 24.3 Å². The minimum atomic E-state index is -1.18. The van der Waals surface area contributed by atoms with Crippen LogP contribution in [0.5, 0.6) is 5.75 Å². The predicted molar refractivity (Wildman–Crippen MR) is 74.2 cm³/mol. The van der Waals surface area contributed by atoms with Crippen molar-refractivity contribution in [3.05, 3.63) is 40.2 Å². The molecule has 0 N–H and O–H groups in total. The quantitative estimate of drug-likeness (QED) is 0.400. The van der Waals surface area contributed by atoms with Crippen molar-refractivity contribution in [1.82, 2.24) is 14.8 Å². The van der Waals surface area contributed by atoms with E-state index in [9.17, 15) is 20.0 Å². The molecule has 1 heterocycles. The van der Waals surface area contributed by atoms with Gasteiger partial charge in [0, 0.05) is 24.9 Å². The lowest BCUT2D eigenvalue weighted by molar-refractivity contribution is -0.384. The summed E-state index contributed by atoms with van der Waals surface area (Å²) in [5.74, 6) is -0.441. The first-order valence-corrected chi connectivity index (χ1v) is 7.04. The third-order valence-corrected chi connectivity index (χ3v) is 3.65. The summed E-state index contributed by atoms with van der Waals surface area (Å²) in [4.78, 5) is 20.5. The number of nitro benzene ring substituents is 1. The van der Waals surface area contributed by atoms with Crippen molar-refractivity contribution in [1.29, 1.82) is 0 Å². The van der Waals surface area contributed by atoms with E-state index in [1.54, 1.807) is 11.6 Å². The second kappa shape index (κ2) is 6.89. The van der Waals surface area contributed by atoms with Crippen LogP contribution < -0.4 is 9.84 Å². The number of benzene rings is 1. The van der Waals surface area contributed by atoms with E-state index in [2.05, 4.69) is 10.2 Å². The van der Waals surface area contributed by atoms with Gasteiger partial charge in [-0.15, -0.1) is 10.2 Å². The molecule has 2 aromatic rings. The summed E-state index contributed by atoms with van der Waals surface area (Å²) in [5, 5.41) is 29.1. The minimum Gasteiger partial charge on any atom is -0.549 e. The Morgan fingerprint density at radius 3 is 2.64 bits per heavy atom. The fourth-order valence-corrected chi connectivity index (χ4v) is 2.18. The topological polar surface area (TPSA) is 123 Å². The van der Waals surface area contributed by atoms with E-state index >= 15 is 0 Å². The number of ether oxygens (including phenoxy) is 1. The molecule has 0 bridgehead atoms. The molecule has 9 nitrogen and oxygen atoms in total. The smallest absolute Gasteiger partial charge is 0.269 e. The molecule has 0 aliphatic heterocycles. The highest BCUT2D eigenvalue weighted by Gasteiger charge is 2.10. The largest absolute Gasteiger partial charge is 0.549 e. The Morgan fingerprint density at radius 1 is 1.36 bits per heavy atom. The van der Waals surface area contributed by atoms with Crippen LogP contribution in [0.2, 0.25) is 0 Å². The number of aromatic nitrogens is 3. The van der Waals surface area contributed by atoms with Gasteiger partial charge in [0.25, 0.3) is 5.69 Å². The van der Waals surface area contributed by atoms with Crippen LogP contribution in [-0.2, 0) is 18.4 Å². The minimum absolute atomic E-state index is 0.0213. The molecular formula is C12H11N4O5S-. The number of thioether (sulfide) groups is 1. The summed E-state index contributed by atoms with van der Waals surface area (Å²) in [7, 11) is 1.69. The van der Waals surface area contributed by atoms with Gasteiger partial charge in [-0.3, -0.25) is 10.1 Å². The number of non-ortho nitro benzene ring substituents is 1. The number of hydrogen-bond donors (Lipinski definition) is 0. The van der Waals surface area contributed by atoms with Crippen molar-refractivity contribution in [2.45, 2.75) is 11.8 Å². The number of nitro groups is 1. The SMILES string of the molecule is Cn1c(COc2ccc([N+](=O)[O-])cc2)nnc1SCC(=O)[O-]. The maximum absolute atomic E-state index is 10.5. The molecule has 116 valence electrons. The maximum atomic E-state index is 10.5. The Morgan fingerprint density at radius 2 is 2.05 bits per heavy atom. The zero-order chi connectivity index (χ0) is 16.1. The lowest BCUT2D eigenvalue weighted by atomic mass is 10.3. The zero-order valence-corrected chi connectivity index (χ0v) is 12.3. The number of aliphatic carboxylic acids is 1. The number of carboxylic acid groups (broad SMARTS) is 1. The zero-order valence-electron chi connectivity index (χ0n) is 11.5. The molecule has 0 aliphatic carbocycles. The summed E-state index contributed by atoms with van der Waals surface area (Å²) in [5.41, 5.74) is -0.0213. The predicted octanol–water partition coefficient (Wildman–Crippen LogP) is 0.144. The van der Waals surface area contributed by atoms with Gasteiger partial charge in [0.05, 0.1) is 10.9 Å². The van der Waals surface area contributed by atoms with E-state index in [0.717, 1.165) is 11.8 Å². The van der Waals surface area contributed by atoms with Crippen molar-refractivity contribution in [3.8, 4) is 5.75 Å². The van der Waals surface area contributed by atoms with E-state index < -0.39 is 10.9 Å². The third kappa shape index (κ3) is 3.95. The first-order chi connectivity index (χ1) is 10.5. The van der Waals surface area contributed by atoms with Gasteiger partial charge in [0.15, 0.2) is 11.0 Å². The Balaban J connectivity index is 1.96. The first-order valence-electron chi connectivity index (χ1n) is 6.05. The Labute approximate surface area is 129 Å². The van der Waals surface area contributed by atoms with Crippen LogP contribution in [0.15, 0.2) is 29.4 Å². The number of hydrogen-bond acceptors (Lipinski definition) is 8. The van der Waals surface area contributed by atoms with Crippen molar-refractivity contribution in [3.63, 3.8) is 0 Å². The lowest BCUT2D eigenvalue weighted by Gasteiger charge is -2.06. The van der Waals surface area contributed by atoms with Crippen molar-refractivity contribution >= 4 is 23.4 Å². The highest BCUT2D eigenvalue weighted by molar-refractivity contribution is 7.99. The Hall–Kier alpha value is -2.62. The summed E-state index contributed by atoms with van der Waals surface area (Å²) in [6.07, 6.45) is 0. The van der Waals surface area contributed by atoms with Gasteiger partial charge < -0.3 is 19.2 Å². The van der Waals surface area contributed by atoms with Crippen molar-refractivity contribution < 1.29 is 19.6 Å². The molecule has 10 heteroatoms. The average molecular weight is 323 g/mol. The molecular weight excluding hydrogens is 312 g/mol. The second-order valence-electron chi connectivity index (χ2n) is 4.16. The molecule has 1 aromatic heterocycles. The fraction of sp³-hybridized carbons (Fsp3) is 0.250. The Bertz CT molecular complexity index is 685. The summed E-state index contributed by atoms with van der Waals surface area (Å²) < 4.78 is 7.07. The van der Waals surface area contributed by atoms with Gasteiger partial charge >= 0.3 is 0 Å². The van der Waals surface area contributed by atoms with Gasteiger partial charge in [-0.2, -0.15) is 0 Å². The molecule has 0 aliphatic rings. The van der Waals surface area contributed by atoms with Crippen LogP contribution in [-0.4, -0.2) is 31.4 Å². The summed E-state index contributed by atoms with van der Waals surface area (Å²) in [6.45, 7) is 0.104. The molecule has 0 unspecified atom stereocenters. The van der Waals surface area contributed by atoms with Gasteiger partial charge in [-0.05, 0) is 12.1 Å². The number of carbonyl (C=O) groups excluding carboxylic acids is 1. The first kappa shape index (κ1) is 15.8. The molecule has 22 heavy (non-hydrogen) atoms. The molecule has 0 fully saturated rings. The van der Waals surface area contributed by atoms with Gasteiger partial charge in [0.2, 0.25) is 0 Å². The Kier molecular flexibility index (Phi) is 4.94. The number of carboxylic acids is 1. The summed E-state index contributed by atoms with van der Waals surface area (Å²) >= 11 is 1.000. The molecule has 0 spiro atoms. The van der Waals surface area contributed by atoms with Crippen molar-refractivity contribution in [2.24, 2.45) is 7.05 Å². The van der Waals surface area contributed by atoms with Crippen molar-refractivity contribution in [2.75, 3.05) is 5.75 Å². The normalized spacial score (nSPS) is 10.4. The van der Waals surface area contributed by atoms with Crippen LogP contribution >= 0.6 is 11.8 Å². The molecule has 0 radical (unpaired) electrons. The number of nitrogens with zero attached hydrogens (tertiary/aromatic N) is 4. The highest BCUT2D eigenvalue weighted by atomic mass is 32.2. The van der Waals surface area contributed by atoms with Gasteiger partial charge in [-0.25, -0.2) is 0 Å². The average Bonchev–Trinajstić information content (AvgIpc) is 2.84. The molecule has 0 amide bonds. The van der Waals surface area contributed by atoms with Gasteiger partial charge in [-0.1, -0.05) is 11.8 Å². The molecule has 0 saturated carbocycles.